The van der Waals surface area contributed by atoms with Crippen molar-refractivity contribution in [2.24, 2.45) is 11.3 Å². The number of aryl methyl sites for hydroxylation is 1. The van der Waals surface area contributed by atoms with Crippen LogP contribution in [-0.2, 0) is 11.2 Å². The molecule has 1 aliphatic heterocycles. The average Bonchev–Trinajstić information content (AvgIpc) is 2.56. The summed E-state index contributed by atoms with van der Waals surface area (Å²) in [6.45, 7) is 7.14. The lowest BCUT2D eigenvalue weighted by atomic mass is 9.84. The van der Waals surface area contributed by atoms with E-state index < -0.39 is 0 Å². The van der Waals surface area contributed by atoms with Crippen molar-refractivity contribution in [2.45, 2.75) is 46.0 Å². The van der Waals surface area contributed by atoms with Crippen molar-refractivity contribution in [3.63, 3.8) is 0 Å². The van der Waals surface area contributed by atoms with Crippen molar-refractivity contribution in [2.75, 3.05) is 26.7 Å². The second-order valence-electron chi connectivity index (χ2n) is 7.52. The Morgan fingerprint density at radius 1 is 1.22 bits per heavy atom. The second-order valence-corrected chi connectivity index (χ2v) is 7.52. The molecule has 0 atom stereocenters. The van der Waals surface area contributed by atoms with Crippen LogP contribution < -0.4 is 5.32 Å². The molecule has 3 nitrogen and oxygen atoms in total. The summed E-state index contributed by atoms with van der Waals surface area (Å²) < 4.78 is 0. The van der Waals surface area contributed by atoms with E-state index in [1.807, 2.05) is 7.05 Å². The Labute approximate surface area is 141 Å². The highest BCUT2D eigenvalue weighted by molar-refractivity contribution is 5.82. The third kappa shape index (κ3) is 5.35. The highest BCUT2D eigenvalue weighted by atomic mass is 16.2. The van der Waals surface area contributed by atoms with Gasteiger partial charge < -0.3 is 10.2 Å². The summed E-state index contributed by atoms with van der Waals surface area (Å²) >= 11 is 0. The summed E-state index contributed by atoms with van der Waals surface area (Å²) in [5, 5.41) is 3.25. The molecule has 0 bridgehead atoms. The minimum Gasteiger partial charge on any atom is -0.342 e. The van der Waals surface area contributed by atoms with Crippen molar-refractivity contribution in [1.82, 2.24) is 10.2 Å². The molecule has 0 aliphatic carbocycles. The van der Waals surface area contributed by atoms with Gasteiger partial charge in [-0.1, -0.05) is 44.2 Å². The summed E-state index contributed by atoms with van der Waals surface area (Å²) in [4.78, 5) is 14.9. The zero-order valence-electron chi connectivity index (χ0n) is 15.0. The molecule has 1 N–H and O–H groups in total. The zero-order chi connectivity index (χ0) is 16.7. The number of piperidine rings is 1. The molecule has 0 aromatic heterocycles. The van der Waals surface area contributed by atoms with Crippen molar-refractivity contribution in [3.05, 3.63) is 35.9 Å². The van der Waals surface area contributed by atoms with Crippen LogP contribution in [-0.4, -0.2) is 37.5 Å². The highest BCUT2D eigenvalue weighted by Crippen LogP contribution is 2.28. The first-order chi connectivity index (χ1) is 11.0. The van der Waals surface area contributed by atoms with Gasteiger partial charge >= 0.3 is 0 Å². The van der Waals surface area contributed by atoms with Gasteiger partial charge in [0.05, 0.1) is 0 Å². The van der Waals surface area contributed by atoms with E-state index in [0.717, 1.165) is 57.7 Å². The summed E-state index contributed by atoms with van der Waals surface area (Å²) in [6.07, 6.45) is 5.34. The molecule has 2 rings (SSSR count). The molecule has 1 aromatic carbocycles. The monoisotopic (exact) mass is 316 g/mol. The van der Waals surface area contributed by atoms with Crippen molar-refractivity contribution >= 4 is 5.91 Å². The first-order valence-corrected chi connectivity index (χ1v) is 9.01. The molecule has 3 heteroatoms. The SMILES string of the molecule is CNCC1CCN(C(=O)C(C)(C)CCCc2ccccc2)CC1. The third-order valence-electron chi connectivity index (χ3n) is 5.08. The lowest BCUT2D eigenvalue weighted by Gasteiger charge is -2.37. The maximum Gasteiger partial charge on any atom is 0.228 e. The topological polar surface area (TPSA) is 32.3 Å². The minimum atomic E-state index is -0.245. The van der Waals surface area contributed by atoms with E-state index in [1.54, 1.807) is 0 Å². The number of hydrogen-bond donors (Lipinski definition) is 1. The predicted octanol–water partition coefficient (Wildman–Crippen LogP) is 3.49. The molecular formula is C20H32N2O. The van der Waals surface area contributed by atoms with Gasteiger partial charge in [0.2, 0.25) is 5.91 Å². The van der Waals surface area contributed by atoms with Gasteiger partial charge in [-0.15, -0.1) is 0 Å². The Balaban J connectivity index is 1.78. The summed E-state index contributed by atoms with van der Waals surface area (Å²) in [5.41, 5.74) is 1.12. The normalized spacial score (nSPS) is 16.6. The summed E-state index contributed by atoms with van der Waals surface area (Å²) in [6, 6.07) is 10.6. The Bertz CT molecular complexity index is 476. The van der Waals surface area contributed by atoms with Crippen molar-refractivity contribution < 1.29 is 4.79 Å². The molecule has 0 spiro atoms. The number of rotatable bonds is 7. The van der Waals surface area contributed by atoms with Crippen LogP contribution in [0.15, 0.2) is 30.3 Å². The molecule has 0 radical (unpaired) electrons. The Morgan fingerprint density at radius 3 is 2.48 bits per heavy atom. The molecule has 128 valence electrons. The van der Waals surface area contributed by atoms with Crippen LogP contribution in [0.5, 0.6) is 0 Å². The molecule has 1 aliphatic rings. The first kappa shape index (κ1) is 18.0. The molecule has 1 heterocycles. The predicted molar refractivity (Wildman–Crippen MR) is 96.4 cm³/mol. The Hall–Kier alpha value is -1.35. The van der Waals surface area contributed by atoms with Gasteiger partial charge in [-0.25, -0.2) is 0 Å². The molecule has 1 fully saturated rings. The maximum absolute atomic E-state index is 12.8. The summed E-state index contributed by atoms with van der Waals surface area (Å²) in [5.74, 6) is 1.07. The van der Waals surface area contributed by atoms with E-state index in [2.05, 4.69) is 54.4 Å². The van der Waals surface area contributed by atoms with Gasteiger partial charge in [0, 0.05) is 18.5 Å². The molecule has 23 heavy (non-hydrogen) atoms. The average molecular weight is 316 g/mol. The molecule has 1 aromatic rings. The van der Waals surface area contributed by atoms with Gasteiger partial charge in [-0.2, -0.15) is 0 Å². The van der Waals surface area contributed by atoms with E-state index in [0.29, 0.717) is 5.91 Å². The van der Waals surface area contributed by atoms with Crippen LogP contribution in [0, 0.1) is 11.3 Å². The van der Waals surface area contributed by atoms with E-state index in [1.165, 1.54) is 5.56 Å². The van der Waals surface area contributed by atoms with Crippen LogP contribution >= 0.6 is 0 Å². The minimum absolute atomic E-state index is 0.245. The number of nitrogens with zero attached hydrogens (tertiary/aromatic N) is 1. The fraction of sp³-hybridized carbons (Fsp3) is 0.650. The number of likely N-dealkylation sites (tertiary alicyclic amines) is 1. The first-order valence-electron chi connectivity index (χ1n) is 9.01. The molecule has 1 amide bonds. The number of carbonyl (C=O) groups is 1. The number of carbonyl (C=O) groups excluding carboxylic acids is 1. The number of nitrogens with one attached hydrogen (secondary N) is 1. The Morgan fingerprint density at radius 2 is 1.87 bits per heavy atom. The van der Waals surface area contributed by atoms with Gasteiger partial charge in [-0.3, -0.25) is 4.79 Å². The van der Waals surface area contributed by atoms with Gasteiger partial charge in [0.25, 0.3) is 0 Å². The molecule has 0 saturated carbocycles. The van der Waals surface area contributed by atoms with Crippen LogP contribution in [0.2, 0.25) is 0 Å². The van der Waals surface area contributed by atoms with Crippen molar-refractivity contribution in [3.8, 4) is 0 Å². The second kappa shape index (κ2) is 8.49. The number of benzene rings is 1. The van der Waals surface area contributed by atoms with Crippen LogP contribution in [0.3, 0.4) is 0 Å². The van der Waals surface area contributed by atoms with Crippen LogP contribution in [0.1, 0.15) is 45.1 Å². The molecular weight excluding hydrogens is 284 g/mol. The lowest BCUT2D eigenvalue weighted by Crippen LogP contribution is -2.46. The zero-order valence-corrected chi connectivity index (χ0v) is 15.0. The summed E-state index contributed by atoms with van der Waals surface area (Å²) in [7, 11) is 2.01. The Kier molecular flexibility index (Phi) is 6.64. The van der Waals surface area contributed by atoms with Gasteiger partial charge in [-0.05, 0) is 57.2 Å². The fourth-order valence-electron chi connectivity index (χ4n) is 3.54. The van der Waals surface area contributed by atoms with Crippen LogP contribution in [0.4, 0.5) is 0 Å². The van der Waals surface area contributed by atoms with Gasteiger partial charge in [0.1, 0.15) is 0 Å². The van der Waals surface area contributed by atoms with Gasteiger partial charge in [0.15, 0.2) is 0 Å². The van der Waals surface area contributed by atoms with Crippen molar-refractivity contribution in [1.29, 1.82) is 0 Å². The maximum atomic E-state index is 12.8. The smallest absolute Gasteiger partial charge is 0.228 e. The largest absolute Gasteiger partial charge is 0.342 e. The number of amides is 1. The highest BCUT2D eigenvalue weighted by Gasteiger charge is 2.33. The quantitative estimate of drug-likeness (QED) is 0.835. The molecule has 0 unspecified atom stereocenters. The van der Waals surface area contributed by atoms with Crippen LogP contribution in [0.25, 0.3) is 0 Å². The van der Waals surface area contributed by atoms with E-state index in [9.17, 15) is 4.79 Å². The molecule has 1 saturated heterocycles. The van der Waals surface area contributed by atoms with E-state index >= 15 is 0 Å². The number of hydrogen-bond acceptors (Lipinski definition) is 2. The fourth-order valence-corrected chi connectivity index (χ4v) is 3.54. The third-order valence-corrected chi connectivity index (χ3v) is 5.08. The standard InChI is InChI=1S/C20H32N2O/c1-20(2,13-7-10-17-8-5-4-6-9-17)19(23)22-14-11-18(12-15-22)16-21-3/h4-6,8-9,18,21H,7,10-16H2,1-3H3. The lowest BCUT2D eigenvalue weighted by molar-refractivity contribution is -0.142. The van der Waals surface area contributed by atoms with E-state index in [4.69, 9.17) is 0 Å². The van der Waals surface area contributed by atoms with E-state index in [-0.39, 0.29) is 5.41 Å².